The third kappa shape index (κ3) is 2.64. The highest BCUT2D eigenvalue weighted by molar-refractivity contribution is 9.10. The van der Waals surface area contributed by atoms with Crippen molar-refractivity contribution in [3.63, 3.8) is 0 Å². The van der Waals surface area contributed by atoms with Crippen LogP contribution in [0.15, 0.2) is 59.1 Å². The fourth-order valence-electron chi connectivity index (χ4n) is 2.74. The Hall–Kier alpha value is -2.77. The van der Waals surface area contributed by atoms with Crippen molar-refractivity contribution in [1.29, 1.82) is 5.26 Å². The quantitative estimate of drug-likeness (QED) is 0.443. The van der Waals surface area contributed by atoms with Crippen molar-refractivity contribution in [2.45, 2.75) is 0 Å². The van der Waals surface area contributed by atoms with Gasteiger partial charge in [0.2, 0.25) is 6.79 Å². The van der Waals surface area contributed by atoms with E-state index in [0.29, 0.717) is 17.1 Å². The fraction of sp³-hybridized carbons (Fsp3) is 0.0500. The maximum absolute atomic E-state index is 9.61. The lowest BCUT2D eigenvalue weighted by molar-refractivity contribution is 0.174. The molecule has 116 valence electrons. The molecule has 0 N–H and O–H groups in total. The third-order valence-corrected chi connectivity index (χ3v) is 4.66. The summed E-state index contributed by atoms with van der Waals surface area (Å²) < 4.78 is 11.6. The molecule has 0 amide bonds. The van der Waals surface area contributed by atoms with E-state index in [4.69, 9.17) is 9.47 Å². The van der Waals surface area contributed by atoms with Gasteiger partial charge >= 0.3 is 0 Å². The molecule has 0 aromatic heterocycles. The van der Waals surface area contributed by atoms with Gasteiger partial charge in [-0.25, -0.2) is 0 Å². The number of halogens is 1. The van der Waals surface area contributed by atoms with Gasteiger partial charge in [-0.2, -0.15) is 5.26 Å². The lowest BCUT2D eigenvalue weighted by Gasteiger charge is -2.05. The van der Waals surface area contributed by atoms with Gasteiger partial charge in [-0.1, -0.05) is 52.3 Å². The van der Waals surface area contributed by atoms with Gasteiger partial charge in [0, 0.05) is 4.47 Å². The summed E-state index contributed by atoms with van der Waals surface area (Å²) in [6.07, 6.45) is 1.86. The van der Waals surface area contributed by atoms with Gasteiger partial charge in [0.1, 0.15) is 0 Å². The summed E-state index contributed by atoms with van der Waals surface area (Å²) in [6, 6.07) is 20.2. The molecule has 3 aromatic carbocycles. The molecule has 1 aliphatic heterocycles. The Kier molecular flexibility index (Phi) is 3.72. The summed E-state index contributed by atoms with van der Waals surface area (Å²) in [5.41, 5.74) is 2.37. The van der Waals surface area contributed by atoms with Crippen LogP contribution in [0.2, 0.25) is 0 Å². The minimum atomic E-state index is 0.227. The molecule has 0 aliphatic carbocycles. The van der Waals surface area contributed by atoms with Crippen molar-refractivity contribution in [3.05, 3.63) is 70.2 Å². The Morgan fingerprint density at radius 2 is 1.75 bits per heavy atom. The van der Waals surface area contributed by atoms with Crippen LogP contribution in [0.5, 0.6) is 11.5 Å². The molecular weight excluding hydrogens is 366 g/mol. The molecule has 0 saturated carbocycles. The van der Waals surface area contributed by atoms with Crippen molar-refractivity contribution in [2.24, 2.45) is 0 Å². The zero-order chi connectivity index (χ0) is 16.5. The molecule has 0 saturated heterocycles. The summed E-state index contributed by atoms with van der Waals surface area (Å²) >= 11 is 3.53. The highest BCUT2D eigenvalue weighted by Crippen LogP contribution is 2.38. The number of benzene rings is 3. The molecule has 3 nitrogen and oxygen atoms in total. The van der Waals surface area contributed by atoms with Crippen LogP contribution in [-0.4, -0.2) is 6.79 Å². The molecule has 1 heterocycles. The first-order valence-corrected chi connectivity index (χ1v) is 8.24. The average Bonchev–Trinajstić information content (AvgIpc) is 3.06. The lowest BCUT2D eigenvalue weighted by atomic mass is 10.00. The molecule has 4 rings (SSSR count). The predicted octanol–water partition coefficient (Wildman–Crippen LogP) is 5.40. The van der Waals surface area contributed by atoms with Crippen LogP contribution in [-0.2, 0) is 0 Å². The van der Waals surface area contributed by atoms with Crippen LogP contribution in [0.1, 0.15) is 11.1 Å². The van der Waals surface area contributed by atoms with Gasteiger partial charge in [-0.3, -0.25) is 0 Å². The Morgan fingerprint density at radius 3 is 2.54 bits per heavy atom. The second-order valence-corrected chi connectivity index (χ2v) is 6.31. The smallest absolute Gasteiger partial charge is 0.231 e. The summed E-state index contributed by atoms with van der Waals surface area (Å²) in [5, 5.41) is 11.9. The van der Waals surface area contributed by atoms with Gasteiger partial charge in [0.25, 0.3) is 0 Å². The number of allylic oxidation sites excluding steroid dienone is 1. The molecular formula is C20H12BrNO2. The lowest BCUT2D eigenvalue weighted by Crippen LogP contribution is -1.92. The summed E-state index contributed by atoms with van der Waals surface area (Å²) in [6.45, 7) is 0.227. The molecule has 1 aliphatic rings. The molecule has 4 heteroatoms. The minimum Gasteiger partial charge on any atom is -0.454 e. The van der Waals surface area contributed by atoms with Crippen LogP contribution in [0.4, 0.5) is 0 Å². The Balaban J connectivity index is 1.80. The van der Waals surface area contributed by atoms with Crippen molar-refractivity contribution < 1.29 is 9.47 Å². The minimum absolute atomic E-state index is 0.227. The van der Waals surface area contributed by atoms with Gasteiger partial charge < -0.3 is 9.47 Å². The van der Waals surface area contributed by atoms with E-state index in [0.717, 1.165) is 26.4 Å². The zero-order valence-corrected chi connectivity index (χ0v) is 14.2. The molecule has 0 spiro atoms. The third-order valence-electron chi connectivity index (χ3n) is 3.97. The number of hydrogen-bond acceptors (Lipinski definition) is 3. The van der Waals surface area contributed by atoms with Crippen molar-refractivity contribution in [1.82, 2.24) is 0 Å². The number of nitrogens with zero attached hydrogens (tertiary/aromatic N) is 1. The number of nitriles is 1. The number of rotatable bonds is 2. The molecule has 0 radical (unpaired) electrons. The highest BCUT2D eigenvalue weighted by atomic mass is 79.9. The summed E-state index contributed by atoms with van der Waals surface area (Å²) in [7, 11) is 0. The average molecular weight is 378 g/mol. The van der Waals surface area contributed by atoms with E-state index in [1.165, 1.54) is 0 Å². The SMILES string of the molecule is N#C/C(=C\c1cc2c(cc1Br)OCO2)c1ccc2ccccc2c1. The maximum Gasteiger partial charge on any atom is 0.231 e. The second-order valence-electron chi connectivity index (χ2n) is 5.46. The topological polar surface area (TPSA) is 42.2 Å². The molecule has 0 unspecified atom stereocenters. The fourth-order valence-corrected chi connectivity index (χ4v) is 3.17. The van der Waals surface area contributed by atoms with Gasteiger partial charge in [0.05, 0.1) is 11.6 Å². The van der Waals surface area contributed by atoms with E-state index in [-0.39, 0.29) is 6.79 Å². The van der Waals surface area contributed by atoms with Crippen LogP contribution < -0.4 is 9.47 Å². The van der Waals surface area contributed by atoms with Crippen LogP contribution in [0, 0.1) is 11.3 Å². The molecule has 0 atom stereocenters. The first kappa shape index (κ1) is 14.8. The Morgan fingerprint density at radius 1 is 1.00 bits per heavy atom. The largest absolute Gasteiger partial charge is 0.454 e. The van der Waals surface area contributed by atoms with E-state index in [2.05, 4.69) is 28.1 Å². The number of ether oxygens (including phenoxy) is 2. The van der Waals surface area contributed by atoms with Gasteiger partial charge in [-0.15, -0.1) is 0 Å². The Labute approximate surface area is 147 Å². The van der Waals surface area contributed by atoms with E-state index in [1.54, 1.807) is 0 Å². The maximum atomic E-state index is 9.61. The summed E-state index contributed by atoms with van der Waals surface area (Å²) in [5.74, 6) is 1.41. The van der Waals surface area contributed by atoms with E-state index < -0.39 is 0 Å². The van der Waals surface area contributed by atoms with Crippen molar-refractivity contribution >= 4 is 38.4 Å². The standard InChI is InChI=1S/C20H12BrNO2/c21-18-10-20-19(23-12-24-20)9-16(18)8-17(11-22)15-6-5-13-3-1-2-4-14(13)7-15/h1-10H,12H2/b17-8+. The molecule has 3 aromatic rings. The second kappa shape index (κ2) is 6.03. The van der Waals surface area contributed by atoms with E-state index in [1.807, 2.05) is 54.6 Å². The Bertz CT molecular complexity index is 1020. The first-order valence-electron chi connectivity index (χ1n) is 7.45. The van der Waals surface area contributed by atoms with Gasteiger partial charge in [-0.05, 0) is 46.2 Å². The highest BCUT2D eigenvalue weighted by Gasteiger charge is 2.16. The number of fused-ring (bicyclic) bond motifs is 2. The zero-order valence-electron chi connectivity index (χ0n) is 12.6. The van der Waals surface area contributed by atoms with E-state index >= 15 is 0 Å². The van der Waals surface area contributed by atoms with Crippen molar-refractivity contribution in [3.8, 4) is 17.6 Å². The monoisotopic (exact) mass is 377 g/mol. The van der Waals surface area contributed by atoms with Crippen LogP contribution in [0.3, 0.4) is 0 Å². The van der Waals surface area contributed by atoms with Gasteiger partial charge in [0.15, 0.2) is 11.5 Å². The first-order chi connectivity index (χ1) is 11.7. The van der Waals surface area contributed by atoms with Crippen LogP contribution >= 0.6 is 15.9 Å². The summed E-state index contributed by atoms with van der Waals surface area (Å²) in [4.78, 5) is 0. The van der Waals surface area contributed by atoms with E-state index in [9.17, 15) is 5.26 Å². The van der Waals surface area contributed by atoms with Crippen LogP contribution in [0.25, 0.3) is 22.4 Å². The predicted molar refractivity (Wildman–Crippen MR) is 97.7 cm³/mol. The molecule has 24 heavy (non-hydrogen) atoms. The molecule has 0 fully saturated rings. The van der Waals surface area contributed by atoms with Crippen molar-refractivity contribution in [2.75, 3.05) is 6.79 Å². The number of hydrogen-bond donors (Lipinski definition) is 0. The molecule has 0 bridgehead atoms. The normalized spacial score (nSPS) is 13.1.